The largest absolute Gasteiger partial charge is 0.508 e. The summed E-state index contributed by atoms with van der Waals surface area (Å²) in [4.78, 5) is 28.3. The van der Waals surface area contributed by atoms with Crippen molar-refractivity contribution in [3.8, 4) is 11.5 Å². The first-order valence-corrected chi connectivity index (χ1v) is 14.6. The number of carbonyl (C=O) groups is 2. The molecule has 6 atom stereocenters. The van der Waals surface area contributed by atoms with Gasteiger partial charge < -0.3 is 24.6 Å². The maximum absolute atomic E-state index is 13.8. The normalized spacial score (nSPS) is 32.7. The number of fused-ring (bicyclic) bond motifs is 5. The van der Waals surface area contributed by atoms with Gasteiger partial charge in [-0.1, -0.05) is 58.0 Å². The van der Waals surface area contributed by atoms with E-state index in [0.29, 0.717) is 30.6 Å². The van der Waals surface area contributed by atoms with Crippen molar-refractivity contribution in [3.63, 3.8) is 0 Å². The van der Waals surface area contributed by atoms with Crippen molar-refractivity contribution in [2.45, 2.75) is 90.5 Å². The molecule has 2 aromatic rings. The second kappa shape index (κ2) is 9.23. The molecule has 0 unspecified atom stereocenters. The van der Waals surface area contributed by atoms with Gasteiger partial charge in [0.05, 0.1) is 25.3 Å². The fourth-order valence-corrected chi connectivity index (χ4v) is 8.84. The van der Waals surface area contributed by atoms with E-state index in [1.54, 1.807) is 11.0 Å². The van der Waals surface area contributed by atoms with E-state index in [9.17, 15) is 19.8 Å². The van der Waals surface area contributed by atoms with Crippen molar-refractivity contribution in [1.29, 1.82) is 0 Å². The van der Waals surface area contributed by atoms with Gasteiger partial charge in [-0.25, -0.2) is 4.79 Å². The van der Waals surface area contributed by atoms with Crippen molar-refractivity contribution >= 4 is 11.9 Å². The summed E-state index contributed by atoms with van der Waals surface area (Å²) in [6.45, 7) is 9.13. The predicted octanol–water partition coefficient (Wildman–Crippen LogP) is 5.04. The van der Waals surface area contributed by atoms with Crippen LogP contribution in [0.3, 0.4) is 0 Å². The van der Waals surface area contributed by atoms with Gasteiger partial charge in [0.15, 0.2) is 0 Å². The van der Waals surface area contributed by atoms with E-state index in [4.69, 9.17) is 9.47 Å². The number of rotatable bonds is 4. The average molecular weight is 548 g/mol. The third-order valence-corrected chi connectivity index (χ3v) is 11.2. The Bertz CT molecular complexity index is 1350. The van der Waals surface area contributed by atoms with Gasteiger partial charge in [0.25, 0.3) is 5.91 Å². The smallest absolute Gasteiger partial charge is 0.328 e. The third-order valence-electron chi connectivity index (χ3n) is 11.2. The predicted molar refractivity (Wildman–Crippen MR) is 150 cm³/mol. The van der Waals surface area contributed by atoms with Crippen LogP contribution in [0.15, 0.2) is 36.4 Å². The summed E-state index contributed by atoms with van der Waals surface area (Å²) in [6, 6.07) is 10.4. The van der Waals surface area contributed by atoms with E-state index in [0.717, 1.165) is 36.0 Å². The maximum atomic E-state index is 13.8. The number of esters is 1. The van der Waals surface area contributed by atoms with Gasteiger partial charge in [0.1, 0.15) is 23.1 Å². The molecule has 4 aliphatic rings. The molecule has 214 valence electrons. The van der Waals surface area contributed by atoms with E-state index in [1.807, 2.05) is 30.3 Å². The molecule has 6 rings (SSSR count). The summed E-state index contributed by atoms with van der Waals surface area (Å²) in [5, 5.41) is 22.2. The SMILES string of the molecule is COC(=O)[C@H](Cc1ccccc1)N1Cc2c(cc(O)c3c2O[C@]2(C3)[C@H](C)CC[C@H]3C(C)(C)[C@H](O)CC[C@@]32C)C1=O. The van der Waals surface area contributed by atoms with E-state index < -0.39 is 17.6 Å². The van der Waals surface area contributed by atoms with Gasteiger partial charge in [0, 0.05) is 29.4 Å². The Balaban J connectivity index is 1.39. The Morgan fingerprint density at radius 3 is 2.58 bits per heavy atom. The zero-order valence-electron chi connectivity index (χ0n) is 24.2. The fourth-order valence-electron chi connectivity index (χ4n) is 8.84. The van der Waals surface area contributed by atoms with Crippen molar-refractivity contribution < 1.29 is 29.3 Å². The van der Waals surface area contributed by atoms with Crippen LogP contribution in [-0.4, -0.2) is 51.8 Å². The minimum atomic E-state index is -0.795. The number of phenolic OH excluding ortho intramolecular Hbond substituents is 1. The van der Waals surface area contributed by atoms with Crippen LogP contribution in [-0.2, 0) is 28.9 Å². The summed E-state index contributed by atoms with van der Waals surface area (Å²) in [5.41, 5.74) is 1.80. The Hall–Kier alpha value is -3.06. The molecule has 2 aromatic carbocycles. The number of hydrogen-bond donors (Lipinski definition) is 2. The van der Waals surface area contributed by atoms with Crippen LogP contribution in [0.1, 0.15) is 80.4 Å². The molecule has 7 nitrogen and oxygen atoms in total. The second-order valence-electron chi connectivity index (χ2n) is 13.4. The highest BCUT2D eigenvalue weighted by Crippen LogP contribution is 2.67. The number of nitrogens with zero attached hydrogens (tertiary/aromatic N) is 1. The molecule has 2 saturated carbocycles. The molecule has 0 radical (unpaired) electrons. The zero-order valence-corrected chi connectivity index (χ0v) is 24.2. The first kappa shape index (κ1) is 27.1. The lowest BCUT2D eigenvalue weighted by molar-refractivity contribution is -0.210. The van der Waals surface area contributed by atoms with Gasteiger partial charge >= 0.3 is 5.97 Å². The average Bonchev–Trinajstić information content (AvgIpc) is 3.49. The Kier molecular flexibility index (Phi) is 6.26. The van der Waals surface area contributed by atoms with Gasteiger partial charge in [-0.05, 0) is 54.6 Å². The number of hydrogen-bond acceptors (Lipinski definition) is 6. The molecular formula is C33H41NO6. The quantitative estimate of drug-likeness (QED) is 0.521. The molecule has 0 bridgehead atoms. The summed E-state index contributed by atoms with van der Waals surface area (Å²) in [5.74, 6) is 0.404. The Morgan fingerprint density at radius 2 is 1.88 bits per heavy atom. The molecule has 2 aliphatic carbocycles. The van der Waals surface area contributed by atoms with E-state index in [1.165, 1.54) is 7.11 Å². The van der Waals surface area contributed by atoms with Gasteiger partial charge in [-0.2, -0.15) is 0 Å². The van der Waals surface area contributed by atoms with Crippen LogP contribution in [0.4, 0.5) is 0 Å². The number of amides is 1. The molecular weight excluding hydrogens is 506 g/mol. The first-order chi connectivity index (χ1) is 18.9. The summed E-state index contributed by atoms with van der Waals surface area (Å²) >= 11 is 0. The van der Waals surface area contributed by atoms with Crippen molar-refractivity contribution in [2.24, 2.45) is 22.7 Å². The standard InChI is InChI=1S/C33H41NO6/c1-19-11-12-26-31(2,3)27(36)13-14-32(26,4)33(19)17-22-25(35)16-21-23(28(22)40-33)18-34(29(21)37)24(30(38)39-5)15-20-9-7-6-8-10-20/h6-10,16,19,24,26-27,35-36H,11-15,17-18H2,1-5H3/t19-,24+,26+,27-,32+,33-/m1/s1. The zero-order chi connectivity index (χ0) is 28.6. The number of ether oxygens (including phenoxy) is 2. The van der Waals surface area contributed by atoms with Crippen LogP contribution < -0.4 is 4.74 Å². The minimum absolute atomic E-state index is 0.0755. The molecule has 2 fully saturated rings. The summed E-state index contributed by atoms with van der Waals surface area (Å²) < 4.78 is 12.2. The van der Waals surface area contributed by atoms with E-state index >= 15 is 0 Å². The Labute approximate surface area is 236 Å². The summed E-state index contributed by atoms with van der Waals surface area (Å²) in [6.07, 6.45) is 4.10. The van der Waals surface area contributed by atoms with Gasteiger partial charge in [0.2, 0.25) is 0 Å². The molecule has 40 heavy (non-hydrogen) atoms. The Morgan fingerprint density at radius 1 is 1.15 bits per heavy atom. The molecule has 2 aliphatic heterocycles. The lowest BCUT2D eigenvalue weighted by Crippen LogP contribution is -2.66. The van der Waals surface area contributed by atoms with Crippen LogP contribution in [0, 0.1) is 22.7 Å². The minimum Gasteiger partial charge on any atom is -0.508 e. The topological polar surface area (TPSA) is 96.3 Å². The van der Waals surface area contributed by atoms with Crippen LogP contribution >= 0.6 is 0 Å². The molecule has 7 heteroatoms. The number of aliphatic hydroxyl groups excluding tert-OH is 1. The molecule has 1 amide bonds. The van der Waals surface area contributed by atoms with Gasteiger partial charge in [-0.15, -0.1) is 0 Å². The highest BCUT2D eigenvalue weighted by molar-refractivity contribution is 6.02. The number of benzene rings is 2. The summed E-state index contributed by atoms with van der Waals surface area (Å²) in [7, 11) is 1.34. The number of aromatic hydroxyl groups is 1. The maximum Gasteiger partial charge on any atom is 0.328 e. The third kappa shape index (κ3) is 3.65. The molecule has 0 aromatic heterocycles. The van der Waals surface area contributed by atoms with Gasteiger partial charge in [-0.3, -0.25) is 4.79 Å². The van der Waals surface area contributed by atoms with Crippen molar-refractivity contribution in [2.75, 3.05) is 7.11 Å². The molecule has 0 saturated heterocycles. The number of phenols is 1. The van der Waals surface area contributed by atoms with E-state index in [-0.39, 0.29) is 47.0 Å². The molecule has 2 heterocycles. The monoisotopic (exact) mass is 547 g/mol. The lowest BCUT2D eigenvalue weighted by atomic mass is 9.43. The first-order valence-electron chi connectivity index (χ1n) is 14.6. The fraction of sp³-hybridized carbons (Fsp3) is 0.576. The lowest BCUT2D eigenvalue weighted by Gasteiger charge is -2.64. The van der Waals surface area contributed by atoms with E-state index in [2.05, 4.69) is 27.7 Å². The highest BCUT2D eigenvalue weighted by atomic mass is 16.5. The number of methoxy groups -OCH3 is 1. The highest BCUT2D eigenvalue weighted by Gasteiger charge is 2.67. The number of aliphatic hydroxyl groups is 1. The second-order valence-corrected chi connectivity index (χ2v) is 13.4. The van der Waals surface area contributed by atoms with Crippen LogP contribution in [0.5, 0.6) is 11.5 Å². The van der Waals surface area contributed by atoms with Crippen LogP contribution in [0.2, 0.25) is 0 Å². The van der Waals surface area contributed by atoms with Crippen LogP contribution in [0.25, 0.3) is 0 Å². The number of carbonyl (C=O) groups excluding carboxylic acids is 2. The van der Waals surface area contributed by atoms with Crippen molar-refractivity contribution in [1.82, 2.24) is 4.90 Å². The molecule has 2 N–H and O–H groups in total. The van der Waals surface area contributed by atoms with Crippen molar-refractivity contribution in [3.05, 3.63) is 58.7 Å². The molecule has 1 spiro atoms.